The first-order valence-electron chi connectivity index (χ1n) is 11.9. The molecule has 0 aromatic heterocycles. The van der Waals surface area contributed by atoms with E-state index in [1.54, 1.807) is 0 Å². The second-order valence-electron chi connectivity index (χ2n) is 11.1. The Morgan fingerprint density at radius 1 is 1.12 bits per heavy atom. The summed E-state index contributed by atoms with van der Waals surface area (Å²) < 4.78 is 13.0. The number of nitrogens with one attached hydrogen (secondary N) is 2. The molecule has 4 aliphatic rings. The van der Waals surface area contributed by atoms with Crippen molar-refractivity contribution in [3.8, 4) is 0 Å². The Bertz CT molecular complexity index is 991. The summed E-state index contributed by atoms with van der Waals surface area (Å²) in [6.07, 6.45) is 2.89. The Hall–Kier alpha value is -0.985. The summed E-state index contributed by atoms with van der Waals surface area (Å²) in [5, 5.41) is 6.25. The summed E-state index contributed by atoms with van der Waals surface area (Å²) in [4.78, 5) is 25.3. The molecule has 4 unspecified atom stereocenters. The van der Waals surface area contributed by atoms with Gasteiger partial charge in [-0.3, -0.25) is 9.59 Å². The normalized spacial score (nSPS) is 29.9. The molecule has 3 aliphatic carbocycles. The van der Waals surface area contributed by atoms with Gasteiger partial charge in [-0.25, -0.2) is 0 Å². The number of benzene rings is 1. The van der Waals surface area contributed by atoms with Crippen molar-refractivity contribution in [3.05, 3.63) is 32.8 Å². The Balaban J connectivity index is 1.39. The Morgan fingerprint density at radius 3 is 2.44 bits per heavy atom. The van der Waals surface area contributed by atoms with Gasteiger partial charge in [0.15, 0.2) is 0 Å². The van der Waals surface area contributed by atoms with E-state index >= 15 is 0 Å². The number of halogens is 3. The summed E-state index contributed by atoms with van der Waals surface area (Å²) in [6.45, 7) is 10.8. The van der Waals surface area contributed by atoms with Crippen LogP contribution in [0, 0.1) is 23.2 Å². The highest BCUT2D eigenvalue weighted by atomic mass is 35.5. The van der Waals surface area contributed by atoms with E-state index in [0.717, 1.165) is 6.42 Å². The Kier molecular flexibility index (Phi) is 7.27. The molecule has 34 heavy (non-hydrogen) atoms. The SMILES string of the molecule is CC(C)C[C@H](NC(=O)CNC(=O)c1cc(Cl)c(Cl)cc1Cl)B1OC2CC3CC(C3(C)C)C2(C)O1. The highest BCUT2D eigenvalue weighted by Gasteiger charge is 2.68. The van der Waals surface area contributed by atoms with E-state index in [2.05, 4.69) is 45.3 Å². The van der Waals surface area contributed by atoms with Gasteiger partial charge in [0.25, 0.3) is 5.91 Å². The number of rotatable bonds is 7. The van der Waals surface area contributed by atoms with Crippen molar-refractivity contribution in [2.75, 3.05) is 6.54 Å². The molecule has 1 saturated heterocycles. The fourth-order valence-electron chi connectivity index (χ4n) is 6.03. The zero-order chi connectivity index (χ0) is 25.0. The average molecular weight is 530 g/mol. The zero-order valence-electron chi connectivity index (χ0n) is 20.2. The smallest absolute Gasteiger partial charge is 0.404 e. The molecular weight excluding hydrogens is 497 g/mol. The summed E-state index contributed by atoms with van der Waals surface area (Å²) in [6, 6.07) is 2.79. The van der Waals surface area contributed by atoms with Crippen molar-refractivity contribution in [2.24, 2.45) is 23.2 Å². The molecule has 1 aromatic rings. The molecule has 10 heteroatoms. The van der Waals surface area contributed by atoms with Crippen molar-refractivity contribution in [3.63, 3.8) is 0 Å². The lowest BCUT2D eigenvalue weighted by Crippen LogP contribution is -2.65. The molecule has 1 heterocycles. The van der Waals surface area contributed by atoms with Crippen molar-refractivity contribution in [1.82, 2.24) is 10.6 Å². The van der Waals surface area contributed by atoms with Gasteiger partial charge in [-0.2, -0.15) is 0 Å². The van der Waals surface area contributed by atoms with Crippen LogP contribution in [0.5, 0.6) is 0 Å². The third-order valence-electron chi connectivity index (χ3n) is 8.03. The van der Waals surface area contributed by atoms with Crippen molar-refractivity contribution >= 4 is 53.7 Å². The lowest BCUT2D eigenvalue weighted by Gasteiger charge is -2.64. The van der Waals surface area contributed by atoms with Crippen LogP contribution in [0.4, 0.5) is 0 Å². The van der Waals surface area contributed by atoms with Crippen molar-refractivity contribution in [2.45, 2.75) is 71.5 Å². The van der Waals surface area contributed by atoms with Crippen LogP contribution in [0.25, 0.3) is 0 Å². The first-order valence-corrected chi connectivity index (χ1v) is 13.0. The van der Waals surface area contributed by atoms with Gasteiger partial charge in [0.1, 0.15) is 0 Å². The molecule has 5 atom stereocenters. The molecule has 2 bridgehead atoms. The quantitative estimate of drug-likeness (QED) is 0.377. The second kappa shape index (κ2) is 9.47. The van der Waals surface area contributed by atoms with Gasteiger partial charge in [-0.1, -0.05) is 62.5 Å². The monoisotopic (exact) mass is 528 g/mol. The third-order valence-corrected chi connectivity index (χ3v) is 9.07. The number of hydrogen-bond acceptors (Lipinski definition) is 4. The van der Waals surface area contributed by atoms with E-state index < -0.39 is 13.0 Å². The third kappa shape index (κ3) is 4.71. The van der Waals surface area contributed by atoms with E-state index in [9.17, 15) is 9.59 Å². The Labute approximate surface area is 216 Å². The lowest BCUT2D eigenvalue weighted by molar-refractivity contribution is -0.199. The van der Waals surface area contributed by atoms with E-state index in [-0.39, 0.29) is 56.1 Å². The van der Waals surface area contributed by atoms with E-state index in [0.29, 0.717) is 24.2 Å². The maximum Gasteiger partial charge on any atom is 0.481 e. The van der Waals surface area contributed by atoms with Gasteiger partial charge < -0.3 is 19.9 Å². The predicted octanol–water partition coefficient (Wildman–Crippen LogP) is 5.18. The van der Waals surface area contributed by atoms with Crippen LogP contribution in [0.3, 0.4) is 0 Å². The fraction of sp³-hybridized carbons (Fsp3) is 0.667. The number of hydrogen-bond donors (Lipinski definition) is 2. The molecule has 5 rings (SSSR count). The molecule has 1 aliphatic heterocycles. The van der Waals surface area contributed by atoms with Crippen LogP contribution >= 0.6 is 34.8 Å². The number of amides is 2. The van der Waals surface area contributed by atoms with Crippen molar-refractivity contribution in [1.29, 1.82) is 0 Å². The first-order chi connectivity index (χ1) is 15.8. The minimum absolute atomic E-state index is 0.0392. The Morgan fingerprint density at radius 2 is 1.79 bits per heavy atom. The van der Waals surface area contributed by atoms with Crippen LogP contribution in [0.2, 0.25) is 15.1 Å². The lowest BCUT2D eigenvalue weighted by atomic mass is 9.43. The van der Waals surface area contributed by atoms with Gasteiger partial charge in [0.2, 0.25) is 5.91 Å². The van der Waals surface area contributed by atoms with Crippen LogP contribution in [0.15, 0.2) is 12.1 Å². The maximum absolute atomic E-state index is 12.8. The van der Waals surface area contributed by atoms with Gasteiger partial charge in [-0.15, -0.1) is 0 Å². The van der Waals surface area contributed by atoms with Crippen LogP contribution in [-0.2, 0) is 14.1 Å². The number of carbonyl (C=O) groups excluding carboxylic acids is 2. The van der Waals surface area contributed by atoms with Crippen LogP contribution in [-0.4, -0.2) is 43.1 Å². The highest BCUT2D eigenvalue weighted by Crippen LogP contribution is 2.65. The zero-order valence-corrected chi connectivity index (χ0v) is 22.5. The van der Waals surface area contributed by atoms with Gasteiger partial charge in [0.05, 0.1) is 44.8 Å². The summed E-state index contributed by atoms with van der Waals surface area (Å²) >= 11 is 18.0. The molecule has 186 valence electrons. The van der Waals surface area contributed by atoms with Gasteiger partial charge in [-0.05, 0) is 61.5 Å². The molecule has 0 radical (unpaired) electrons. The van der Waals surface area contributed by atoms with Crippen LogP contribution < -0.4 is 10.6 Å². The molecule has 2 amide bonds. The summed E-state index contributed by atoms with van der Waals surface area (Å²) in [5.41, 5.74) is 0.0571. The summed E-state index contributed by atoms with van der Waals surface area (Å²) in [5.74, 6) is 0.266. The minimum atomic E-state index is -0.517. The first kappa shape index (κ1) is 26.1. The molecule has 2 N–H and O–H groups in total. The topological polar surface area (TPSA) is 76.7 Å². The second-order valence-corrected chi connectivity index (χ2v) is 12.3. The molecule has 3 saturated carbocycles. The van der Waals surface area contributed by atoms with E-state index in [4.69, 9.17) is 44.1 Å². The fourth-order valence-corrected chi connectivity index (χ4v) is 6.66. The van der Waals surface area contributed by atoms with Gasteiger partial charge >= 0.3 is 7.12 Å². The number of carbonyl (C=O) groups is 2. The highest BCUT2D eigenvalue weighted by molar-refractivity contribution is 6.48. The largest absolute Gasteiger partial charge is 0.481 e. The molecule has 4 fully saturated rings. The predicted molar refractivity (Wildman–Crippen MR) is 135 cm³/mol. The van der Waals surface area contributed by atoms with Crippen molar-refractivity contribution < 1.29 is 18.9 Å². The van der Waals surface area contributed by atoms with E-state index in [1.807, 2.05) is 0 Å². The molecule has 1 aromatic carbocycles. The van der Waals surface area contributed by atoms with Gasteiger partial charge in [0, 0.05) is 0 Å². The minimum Gasteiger partial charge on any atom is -0.404 e. The summed E-state index contributed by atoms with van der Waals surface area (Å²) in [7, 11) is -0.517. The van der Waals surface area contributed by atoms with Crippen LogP contribution in [0.1, 0.15) is 64.2 Å². The van der Waals surface area contributed by atoms with E-state index in [1.165, 1.54) is 18.6 Å². The maximum atomic E-state index is 12.8. The standard InChI is InChI=1S/C24H32BCl3N2O4/c1-12(2)6-20(25-33-19-8-13-7-18(23(13,3)4)24(19,5)34-25)30-21(31)11-29-22(32)14-9-16(27)17(28)10-15(14)26/h9-10,12-13,18-20H,6-8,11H2,1-5H3,(H,29,32)(H,30,31)/t13?,18?,19?,20-,24?/m0/s1. The molecular formula is C24H32BCl3N2O4. The molecule has 6 nitrogen and oxygen atoms in total. The average Bonchev–Trinajstić information content (AvgIpc) is 3.10. The molecule has 0 spiro atoms.